The lowest BCUT2D eigenvalue weighted by Crippen LogP contribution is -2.35. The Balaban J connectivity index is 0.00000289. The average Bonchev–Trinajstić information content (AvgIpc) is 2.27. The number of aryl methyl sites for hydroxylation is 3. The van der Waals surface area contributed by atoms with Gasteiger partial charge in [-0.3, -0.25) is 4.99 Å². The fourth-order valence-electron chi connectivity index (χ4n) is 2.19. The molecule has 0 aromatic heterocycles. The average molecular weight is 361 g/mol. The summed E-state index contributed by atoms with van der Waals surface area (Å²) in [4.78, 5) is 4.09. The van der Waals surface area contributed by atoms with E-state index in [4.69, 9.17) is 0 Å². The molecule has 0 fully saturated rings. The van der Waals surface area contributed by atoms with Crippen LogP contribution in [0, 0.1) is 20.8 Å². The van der Waals surface area contributed by atoms with Crippen molar-refractivity contribution in [1.29, 1.82) is 0 Å². The number of rotatable bonds is 3. The van der Waals surface area contributed by atoms with E-state index < -0.39 is 0 Å². The van der Waals surface area contributed by atoms with Gasteiger partial charge in [-0.2, -0.15) is 0 Å². The summed E-state index contributed by atoms with van der Waals surface area (Å²) in [5, 5.41) is 6.29. The third kappa shape index (κ3) is 4.84. The van der Waals surface area contributed by atoms with Gasteiger partial charge in [0.15, 0.2) is 5.96 Å². The third-order valence-electron chi connectivity index (χ3n) is 2.97. The third-order valence-corrected chi connectivity index (χ3v) is 2.97. The number of aliphatic imine (C=N–C) groups is 1. The molecule has 3 nitrogen and oxygen atoms in total. The summed E-state index contributed by atoms with van der Waals surface area (Å²) in [7, 11) is 3.65. The molecule has 0 atom stereocenters. The minimum atomic E-state index is 0. The van der Waals surface area contributed by atoms with E-state index >= 15 is 0 Å². The van der Waals surface area contributed by atoms with Crippen LogP contribution in [0.15, 0.2) is 17.1 Å². The molecular weight excluding hydrogens is 337 g/mol. The maximum absolute atomic E-state index is 4.09. The quantitative estimate of drug-likeness (QED) is 0.493. The number of benzene rings is 1. The van der Waals surface area contributed by atoms with Crippen molar-refractivity contribution in [3.8, 4) is 0 Å². The van der Waals surface area contributed by atoms with Gasteiger partial charge in [-0.25, -0.2) is 0 Å². The molecule has 0 saturated carbocycles. The second-order valence-electron chi connectivity index (χ2n) is 4.38. The highest BCUT2D eigenvalue weighted by Crippen LogP contribution is 2.16. The van der Waals surface area contributed by atoms with Crippen LogP contribution < -0.4 is 10.6 Å². The maximum atomic E-state index is 4.09. The topological polar surface area (TPSA) is 36.4 Å². The molecule has 0 unspecified atom stereocenters. The number of hydrogen-bond donors (Lipinski definition) is 2. The SMILES string of the molecule is CN=C(NC)NCCc1c(C)cc(C)cc1C.I. The zero-order valence-corrected chi connectivity index (χ0v) is 14.3. The first-order valence-electron chi connectivity index (χ1n) is 6.03. The fraction of sp³-hybridized carbons (Fsp3) is 0.500. The predicted molar refractivity (Wildman–Crippen MR) is 90.2 cm³/mol. The van der Waals surface area contributed by atoms with Crippen LogP contribution in [0.3, 0.4) is 0 Å². The van der Waals surface area contributed by atoms with Crippen LogP contribution in [0.5, 0.6) is 0 Å². The predicted octanol–water partition coefficient (Wildman–Crippen LogP) is 2.57. The maximum Gasteiger partial charge on any atom is 0.190 e. The van der Waals surface area contributed by atoms with E-state index in [9.17, 15) is 0 Å². The molecule has 102 valence electrons. The molecule has 0 aliphatic heterocycles. The Hall–Kier alpha value is -0.780. The molecule has 18 heavy (non-hydrogen) atoms. The molecule has 1 aromatic carbocycles. The molecular formula is C14H24IN3. The van der Waals surface area contributed by atoms with E-state index in [1.165, 1.54) is 22.3 Å². The van der Waals surface area contributed by atoms with Crippen LogP contribution in [-0.2, 0) is 6.42 Å². The van der Waals surface area contributed by atoms with Crippen molar-refractivity contribution in [2.45, 2.75) is 27.2 Å². The minimum absolute atomic E-state index is 0. The largest absolute Gasteiger partial charge is 0.359 e. The van der Waals surface area contributed by atoms with E-state index in [2.05, 4.69) is 48.5 Å². The Bertz CT molecular complexity index is 390. The highest BCUT2D eigenvalue weighted by atomic mass is 127. The van der Waals surface area contributed by atoms with Gasteiger partial charge < -0.3 is 10.6 Å². The number of hydrogen-bond acceptors (Lipinski definition) is 1. The molecule has 1 rings (SSSR count). The summed E-state index contributed by atoms with van der Waals surface area (Å²) in [6, 6.07) is 4.49. The Kier molecular flexibility index (Phi) is 7.98. The summed E-state index contributed by atoms with van der Waals surface area (Å²) >= 11 is 0. The summed E-state index contributed by atoms with van der Waals surface area (Å²) in [5.74, 6) is 0.840. The molecule has 0 aliphatic rings. The van der Waals surface area contributed by atoms with Crippen LogP contribution >= 0.6 is 24.0 Å². The lowest BCUT2D eigenvalue weighted by molar-refractivity contribution is 0.825. The molecule has 0 aliphatic carbocycles. The van der Waals surface area contributed by atoms with Crippen LogP contribution in [-0.4, -0.2) is 26.6 Å². The molecule has 0 saturated heterocycles. The zero-order valence-electron chi connectivity index (χ0n) is 11.9. The van der Waals surface area contributed by atoms with Gasteiger partial charge in [-0.15, -0.1) is 24.0 Å². The zero-order chi connectivity index (χ0) is 12.8. The van der Waals surface area contributed by atoms with Gasteiger partial charge in [0, 0.05) is 20.6 Å². The minimum Gasteiger partial charge on any atom is -0.359 e. The van der Waals surface area contributed by atoms with Gasteiger partial charge >= 0.3 is 0 Å². The van der Waals surface area contributed by atoms with E-state index in [1.807, 2.05) is 7.05 Å². The van der Waals surface area contributed by atoms with Crippen LogP contribution in [0.4, 0.5) is 0 Å². The van der Waals surface area contributed by atoms with E-state index in [1.54, 1.807) is 7.05 Å². The number of nitrogens with zero attached hydrogens (tertiary/aromatic N) is 1. The van der Waals surface area contributed by atoms with Gasteiger partial charge in [0.25, 0.3) is 0 Å². The first-order valence-corrected chi connectivity index (χ1v) is 6.03. The van der Waals surface area contributed by atoms with Gasteiger partial charge in [0.1, 0.15) is 0 Å². The molecule has 2 N–H and O–H groups in total. The monoisotopic (exact) mass is 361 g/mol. The van der Waals surface area contributed by atoms with Crippen LogP contribution in [0.25, 0.3) is 0 Å². The lowest BCUT2D eigenvalue weighted by atomic mass is 9.97. The van der Waals surface area contributed by atoms with Crippen molar-refractivity contribution in [2.24, 2.45) is 4.99 Å². The molecule has 0 amide bonds. The molecule has 4 heteroatoms. The van der Waals surface area contributed by atoms with Crippen molar-refractivity contribution in [3.05, 3.63) is 34.4 Å². The van der Waals surface area contributed by atoms with Gasteiger partial charge in [0.05, 0.1) is 0 Å². The van der Waals surface area contributed by atoms with Crippen LogP contribution in [0.2, 0.25) is 0 Å². The standard InChI is InChI=1S/C14H23N3.HI/c1-10-8-11(2)13(12(3)9-10)6-7-17-14(15-4)16-5;/h8-9H,6-7H2,1-5H3,(H2,15,16,17);1H. The Morgan fingerprint density at radius 2 is 1.72 bits per heavy atom. The first-order chi connectivity index (χ1) is 8.08. The number of guanidine groups is 1. The van der Waals surface area contributed by atoms with Gasteiger partial charge in [0.2, 0.25) is 0 Å². The summed E-state index contributed by atoms with van der Waals surface area (Å²) < 4.78 is 0. The summed E-state index contributed by atoms with van der Waals surface area (Å²) in [6.45, 7) is 7.41. The highest BCUT2D eigenvalue weighted by molar-refractivity contribution is 14.0. The lowest BCUT2D eigenvalue weighted by Gasteiger charge is -2.13. The van der Waals surface area contributed by atoms with Crippen molar-refractivity contribution in [1.82, 2.24) is 10.6 Å². The van der Waals surface area contributed by atoms with Gasteiger partial charge in [-0.05, 0) is 43.9 Å². The van der Waals surface area contributed by atoms with E-state index in [0.29, 0.717) is 0 Å². The van der Waals surface area contributed by atoms with Crippen molar-refractivity contribution in [2.75, 3.05) is 20.6 Å². The number of halogens is 1. The van der Waals surface area contributed by atoms with Crippen molar-refractivity contribution < 1.29 is 0 Å². The molecule has 0 radical (unpaired) electrons. The molecule has 0 spiro atoms. The number of nitrogens with one attached hydrogen (secondary N) is 2. The Labute approximate surface area is 127 Å². The second-order valence-corrected chi connectivity index (χ2v) is 4.38. The summed E-state index contributed by atoms with van der Waals surface area (Å²) in [5.41, 5.74) is 5.53. The Morgan fingerprint density at radius 1 is 1.17 bits per heavy atom. The summed E-state index contributed by atoms with van der Waals surface area (Å²) in [6.07, 6.45) is 1.03. The first kappa shape index (κ1) is 17.2. The van der Waals surface area contributed by atoms with Crippen molar-refractivity contribution >= 4 is 29.9 Å². The second kappa shape index (κ2) is 8.34. The molecule has 0 bridgehead atoms. The van der Waals surface area contributed by atoms with Gasteiger partial charge in [-0.1, -0.05) is 17.7 Å². The smallest absolute Gasteiger partial charge is 0.190 e. The molecule has 1 aromatic rings. The fourth-order valence-corrected chi connectivity index (χ4v) is 2.19. The van der Waals surface area contributed by atoms with E-state index in [-0.39, 0.29) is 24.0 Å². The normalized spacial score (nSPS) is 10.8. The van der Waals surface area contributed by atoms with E-state index in [0.717, 1.165) is 18.9 Å². The molecule has 0 heterocycles. The van der Waals surface area contributed by atoms with Crippen molar-refractivity contribution in [3.63, 3.8) is 0 Å². The highest BCUT2D eigenvalue weighted by Gasteiger charge is 2.03. The Morgan fingerprint density at radius 3 is 2.17 bits per heavy atom. The van der Waals surface area contributed by atoms with Crippen LogP contribution in [0.1, 0.15) is 22.3 Å².